The molecule has 1 saturated heterocycles. The third-order valence-corrected chi connectivity index (χ3v) is 5.09. The summed E-state index contributed by atoms with van der Waals surface area (Å²) in [7, 11) is 0. The lowest BCUT2D eigenvalue weighted by Gasteiger charge is -2.22. The predicted octanol–water partition coefficient (Wildman–Crippen LogP) is 1.77. The molecule has 0 bridgehead atoms. The average Bonchev–Trinajstić information content (AvgIpc) is 3.45. The first kappa shape index (κ1) is 18.9. The molecule has 27 heavy (non-hydrogen) atoms. The van der Waals surface area contributed by atoms with Crippen molar-refractivity contribution in [1.82, 2.24) is 10.2 Å². The van der Waals surface area contributed by atoms with Crippen LogP contribution >= 0.6 is 0 Å². The van der Waals surface area contributed by atoms with E-state index in [0.29, 0.717) is 18.5 Å². The maximum Gasteiger partial charge on any atom is 0.338 e. The van der Waals surface area contributed by atoms with E-state index in [2.05, 4.69) is 11.4 Å². The average molecular weight is 369 g/mol. The summed E-state index contributed by atoms with van der Waals surface area (Å²) in [6.45, 7) is 2.56. The van der Waals surface area contributed by atoms with Crippen LogP contribution in [-0.4, -0.2) is 41.4 Å². The van der Waals surface area contributed by atoms with E-state index >= 15 is 0 Å². The number of rotatable bonds is 7. The Bertz CT molecular complexity index is 779. The van der Waals surface area contributed by atoms with Gasteiger partial charge in [0.1, 0.15) is 5.54 Å². The summed E-state index contributed by atoms with van der Waals surface area (Å²) in [5.41, 5.74) is 0.372. The number of amides is 2. The highest BCUT2D eigenvalue weighted by molar-refractivity contribution is 5.91. The van der Waals surface area contributed by atoms with E-state index in [1.807, 2.05) is 0 Å². The van der Waals surface area contributed by atoms with Gasteiger partial charge in [-0.1, -0.05) is 12.1 Å². The first-order valence-corrected chi connectivity index (χ1v) is 9.17. The minimum absolute atomic E-state index is 0.153. The Labute approximate surface area is 158 Å². The summed E-state index contributed by atoms with van der Waals surface area (Å²) >= 11 is 0. The molecule has 1 aliphatic heterocycles. The van der Waals surface area contributed by atoms with Crippen molar-refractivity contribution in [3.05, 3.63) is 35.4 Å². The van der Waals surface area contributed by atoms with Crippen molar-refractivity contribution >= 4 is 17.8 Å². The number of carbonyl (C=O) groups is 3. The third kappa shape index (κ3) is 4.64. The van der Waals surface area contributed by atoms with Crippen molar-refractivity contribution in [3.8, 4) is 6.07 Å². The van der Waals surface area contributed by atoms with Crippen LogP contribution in [-0.2, 0) is 20.9 Å². The van der Waals surface area contributed by atoms with E-state index < -0.39 is 24.0 Å². The Kier molecular flexibility index (Phi) is 5.45. The van der Waals surface area contributed by atoms with E-state index in [9.17, 15) is 19.6 Å². The van der Waals surface area contributed by atoms with Crippen LogP contribution in [0.5, 0.6) is 0 Å². The number of ether oxygens (including phenoxy) is 1. The van der Waals surface area contributed by atoms with E-state index in [4.69, 9.17) is 4.74 Å². The van der Waals surface area contributed by atoms with Gasteiger partial charge in [-0.15, -0.1) is 0 Å². The molecule has 0 aromatic heterocycles. The molecule has 1 atom stereocenters. The topological polar surface area (TPSA) is 99.5 Å². The van der Waals surface area contributed by atoms with Gasteiger partial charge in [-0.05, 0) is 49.8 Å². The van der Waals surface area contributed by atoms with Crippen LogP contribution in [0.2, 0.25) is 0 Å². The molecule has 1 N–H and O–H groups in total. The molecule has 2 aliphatic rings. The van der Waals surface area contributed by atoms with Gasteiger partial charge < -0.3 is 15.0 Å². The zero-order chi connectivity index (χ0) is 19.4. The summed E-state index contributed by atoms with van der Waals surface area (Å²) in [6, 6.07) is 8.94. The summed E-state index contributed by atoms with van der Waals surface area (Å²) in [4.78, 5) is 37.6. The van der Waals surface area contributed by atoms with Crippen LogP contribution in [0.25, 0.3) is 0 Å². The zero-order valence-corrected chi connectivity index (χ0v) is 15.4. The first-order chi connectivity index (χ1) is 12.9. The molecule has 1 saturated carbocycles. The Morgan fingerprint density at radius 2 is 2.04 bits per heavy atom. The van der Waals surface area contributed by atoms with Crippen molar-refractivity contribution < 1.29 is 19.1 Å². The van der Waals surface area contributed by atoms with Gasteiger partial charge in [0.2, 0.25) is 5.91 Å². The lowest BCUT2D eigenvalue weighted by atomic mass is 9.98. The molecule has 1 aliphatic carbocycles. The number of hydrogen-bond acceptors (Lipinski definition) is 5. The Morgan fingerprint density at radius 1 is 1.33 bits per heavy atom. The molecule has 0 unspecified atom stereocenters. The van der Waals surface area contributed by atoms with Crippen molar-refractivity contribution in [2.75, 3.05) is 13.2 Å². The van der Waals surface area contributed by atoms with Crippen LogP contribution in [0.4, 0.5) is 0 Å². The fraction of sp³-hybridized carbons (Fsp3) is 0.500. The fourth-order valence-corrected chi connectivity index (χ4v) is 3.26. The van der Waals surface area contributed by atoms with Crippen molar-refractivity contribution in [1.29, 1.82) is 5.26 Å². The van der Waals surface area contributed by atoms with Gasteiger partial charge in [-0.2, -0.15) is 5.26 Å². The SMILES string of the molecule is C[C@@](C#N)(NC(=O)COC(=O)c1ccc(CN2CCCC2=O)cc1)C1CC1. The number of carbonyl (C=O) groups excluding carboxylic acids is 3. The van der Waals surface area contributed by atoms with Crippen LogP contribution in [0, 0.1) is 17.2 Å². The monoisotopic (exact) mass is 369 g/mol. The standard InChI is InChI=1S/C20H23N3O4/c1-20(13-21,16-8-9-16)22-17(24)12-27-19(26)15-6-4-14(5-7-15)11-23-10-2-3-18(23)25/h4-7,16H,2-3,8-12H2,1H3,(H,22,24)/t20-/m0/s1. The van der Waals surface area contributed by atoms with Crippen LogP contribution in [0.15, 0.2) is 24.3 Å². The Hall–Kier alpha value is -2.88. The number of nitrogens with zero attached hydrogens (tertiary/aromatic N) is 2. The van der Waals surface area contributed by atoms with Gasteiger partial charge in [0.05, 0.1) is 11.6 Å². The minimum atomic E-state index is -0.905. The van der Waals surface area contributed by atoms with Gasteiger partial charge in [-0.25, -0.2) is 4.79 Å². The first-order valence-electron chi connectivity index (χ1n) is 9.17. The number of hydrogen-bond donors (Lipinski definition) is 1. The van der Waals surface area contributed by atoms with E-state index in [1.165, 1.54) is 0 Å². The molecule has 2 amide bonds. The number of benzene rings is 1. The minimum Gasteiger partial charge on any atom is -0.452 e. The quantitative estimate of drug-likeness (QED) is 0.739. The van der Waals surface area contributed by atoms with Crippen molar-refractivity contribution in [3.63, 3.8) is 0 Å². The zero-order valence-electron chi connectivity index (χ0n) is 15.4. The van der Waals surface area contributed by atoms with Crippen molar-refractivity contribution in [2.24, 2.45) is 5.92 Å². The molecule has 1 heterocycles. The summed E-state index contributed by atoms with van der Waals surface area (Å²) in [5.74, 6) is -0.764. The molecular weight excluding hydrogens is 346 g/mol. The largest absolute Gasteiger partial charge is 0.452 e. The molecule has 7 heteroatoms. The molecule has 2 fully saturated rings. The highest BCUT2D eigenvalue weighted by Crippen LogP contribution is 2.39. The van der Waals surface area contributed by atoms with E-state index in [-0.39, 0.29) is 11.8 Å². The maximum atomic E-state index is 12.1. The predicted molar refractivity (Wildman–Crippen MR) is 96.3 cm³/mol. The van der Waals surface area contributed by atoms with Gasteiger partial charge in [-0.3, -0.25) is 9.59 Å². The molecule has 1 aromatic rings. The molecular formula is C20H23N3O4. The number of nitriles is 1. The number of esters is 1. The highest BCUT2D eigenvalue weighted by Gasteiger charge is 2.43. The molecule has 0 spiro atoms. The second kappa shape index (κ2) is 7.78. The number of likely N-dealkylation sites (tertiary alicyclic amines) is 1. The van der Waals surface area contributed by atoms with Gasteiger partial charge in [0, 0.05) is 19.5 Å². The maximum absolute atomic E-state index is 12.1. The number of nitrogens with one attached hydrogen (secondary N) is 1. The second-order valence-electron chi connectivity index (χ2n) is 7.33. The molecule has 3 rings (SSSR count). The Morgan fingerprint density at radius 3 is 2.59 bits per heavy atom. The van der Waals surface area contributed by atoms with Gasteiger partial charge >= 0.3 is 5.97 Å². The second-order valence-corrected chi connectivity index (χ2v) is 7.33. The lowest BCUT2D eigenvalue weighted by molar-refractivity contribution is -0.128. The molecule has 1 aromatic carbocycles. The summed E-state index contributed by atoms with van der Waals surface area (Å²) in [5, 5.41) is 11.9. The third-order valence-electron chi connectivity index (χ3n) is 5.09. The van der Waals surface area contributed by atoms with Crippen LogP contribution in [0.3, 0.4) is 0 Å². The molecule has 7 nitrogen and oxygen atoms in total. The van der Waals surface area contributed by atoms with Crippen LogP contribution < -0.4 is 5.32 Å². The van der Waals surface area contributed by atoms with E-state index in [1.54, 1.807) is 36.1 Å². The summed E-state index contributed by atoms with van der Waals surface area (Å²) in [6.07, 6.45) is 3.31. The lowest BCUT2D eigenvalue weighted by Crippen LogP contribution is -2.48. The molecule has 0 radical (unpaired) electrons. The Balaban J connectivity index is 1.48. The highest BCUT2D eigenvalue weighted by atomic mass is 16.5. The van der Waals surface area contributed by atoms with Gasteiger partial charge in [0.25, 0.3) is 5.91 Å². The van der Waals surface area contributed by atoms with E-state index in [0.717, 1.165) is 31.4 Å². The fourth-order valence-electron chi connectivity index (χ4n) is 3.26. The van der Waals surface area contributed by atoms with Crippen molar-refractivity contribution in [2.45, 2.75) is 44.7 Å². The molecule has 142 valence electrons. The van der Waals surface area contributed by atoms with Crippen LogP contribution in [0.1, 0.15) is 48.5 Å². The summed E-state index contributed by atoms with van der Waals surface area (Å²) < 4.78 is 5.05. The van der Waals surface area contributed by atoms with Gasteiger partial charge in [0.15, 0.2) is 6.61 Å². The smallest absolute Gasteiger partial charge is 0.338 e. The normalized spacial score (nSPS) is 18.5.